The van der Waals surface area contributed by atoms with Crippen molar-refractivity contribution in [3.05, 3.63) is 29.8 Å². The van der Waals surface area contributed by atoms with Gasteiger partial charge in [-0.15, -0.1) is 0 Å². The van der Waals surface area contributed by atoms with Gasteiger partial charge in [0.15, 0.2) is 5.96 Å². The van der Waals surface area contributed by atoms with E-state index < -0.39 is 5.41 Å². The summed E-state index contributed by atoms with van der Waals surface area (Å²) in [6.45, 7) is 12.9. The zero-order valence-corrected chi connectivity index (χ0v) is 17.1. The first-order chi connectivity index (χ1) is 12.3. The van der Waals surface area contributed by atoms with Crippen LogP contribution in [0.3, 0.4) is 0 Å². The molecule has 1 amide bonds. The lowest BCUT2D eigenvalue weighted by atomic mass is 9.92. The molecule has 0 atom stereocenters. The highest BCUT2D eigenvalue weighted by molar-refractivity contribution is 5.83. The smallest absolute Gasteiger partial charge is 0.227 e. The van der Waals surface area contributed by atoms with Crippen LogP contribution in [-0.2, 0) is 4.79 Å². The van der Waals surface area contributed by atoms with Crippen molar-refractivity contribution in [3.63, 3.8) is 0 Å². The fourth-order valence-electron chi connectivity index (χ4n) is 2.25. The molecule has 1 rings (SSSR count). The Kier molecular flexibility index (Phi) is 8.96. The molecular formula is C20H34N4O2. The number of aryl methyl sites for hydroxylation is 1. The van der Waals surface area contributed by atoms with Gasteiger partial charge in [-0.1, -0.05) is 17.7 Å². The molecule has 0 aliphatic rings. The maximum atomic E-state index is 12.1. The van der Waals surface area contributed by atoms with Crippen molar-refractivity contribution < 1.29 is 9.53 Å². The Morgan fingerprint density at radius 1 is 1.15 bits per heavy atom. The summed E-state index contributed by atoms with van der Waals surface area (Å²) < 4.78 is 5.79. The van der Waals surface area contributed by atoms with Crippen molar-refractivity contribution in [1.29, 1.82) is 0 Å². The van der Waals surface area contributed by atoms with Crippen molar-refractivity contribution in [2.75, 3.05) is 39.8 Å². The molecular weight excluding hydrogens is 328 g/mol. The predicted molar refractivity (Wildman–Crippen MR) is 108 cm³/mol. The molecule has 0 aromatic heterocycles. The zero-order chi connectivity index (χ0) is 19.6. The maximum Gasteiger partial charge on any atom is 0.227 e. The molecule has 0 spiro atoms. The number of benzene rings is 1. The molecule has 0 aliphatic carbocycles. The van der Waals surface area contributed by atoms with Gasteiger partial charge in [-0.3, -0.25) is 9.79 Å². The predicted octanol–water partition coefficient (Wildman–Crippen LogP) is 2.43. The van der Waals surface area contributed by atoms with E-state index in [2.05, 4.69) is 22.5 Å². The minimum Gasteiger partial charge on any atom is -0.492 e. The lowest BCUT2D eigenvalue weighted by Gasteiger charge is -2.25. The number of nitrogens with zero attached hydrogens (tertiary/aromatic N) is 2. The molecule has 0 unspecified atom stereocenters. The Bertz CT molecular complexity index is 582. The summed E-state index contributed by atoms with van der Waals surface area (Å²) in [6, 6.07) is 8.02. The molecule has 0 fully saturated rings. The van der Waals surface area contributed by atoms with E-state index >= 15 is 0 Å². The third-order valence-corrected chi connectivity index (χ3v) is 3.99. The SMILES string of the molecule is CCNC(=O)C(C)(C)CN=C(NCC)N(C)CCOc1ccc(C)cc1. The average molecular weight is 363 g/mol. The number of guanidine groups is 1. The average Bonchev–Trinajstić information content (AvgIpc) is 2.60. The van der Waals surface area contributed by atoms with Gasteiger partial charge in [0.25, 0.3) is 0 Å². The van der Waals surface area contributed by atoms with Crippen molar-refractivity contribution in [2.45, 2.75) is 34.6 Å². The van der Waals surface area contributed by atoms with E-state index in [9.17, 15) is 4.79 Å². The van der Waals surface area contributed by atoms with Crippen molar-refractivity contribution in [3.8, 4) is 5.75 Å². The number of carbonyl (C=O) groups is 1. The van der Waals surface area contributed by atoms with Gasteiger partial charge >= 0.3 is 0 Å². The van der Waals surface area contributed by atoms with Crippen molar-refractivity contribution >= 4 is 11.9 Å². The van der Waals surface area contributed by atoms with E-state index in [0.717, 1.165) is 18.3 Å². The number of rotatable bonds is 9. The number of amides is 1. The first-order valence-corrected chi connectivity index (χ1v) is 9.27. The van der Waals surface area contributed by atoms with Crippen molar-refractivity contribution in [2.24, 2.45) is 10.4 Å². The van der Waals surface area contributed by atoms with Crippen molar-refractivity contribution in [1.82, 2.24) is 15.5 Å². The maximum absolute atomic E-state index is 12.1. The van der Waals surface area contributed by atoms with E-state index in [-0.39, 0.29) is 5.91 Å². The van der Waals surface area contributed by atoms with E-state index in [1.54, 1.807) is 0 Å². The zero-order valence-electron chi connectivity index (χ0n) is 17.1. The molecule has 0 heterocycles. The Balaban J connectivity index is 2.60. The topological polar surface area (TPSA) is 66.0 Å². The minimum atomic E-state index is -0.546. The summed E-state index contributed by atoms with van der Waals surface area (Å²) in [7, 11) is 1.97. The molecule has 6 heteroatoms. The fourth-order valence-corrected chi connectivity index (χ4v) is 2.25. The Hall–Kier alpha value is -2.24. The normalized spacial score (nSPS) is 11.8. The number of hydrogen-bond donors (Lipinski definition) is 2. The largest absolute Gasteiger partial charge is 0.492 e. The second-order valence-corrected chi connectivity index (χ2v) is 7.00. The van der Waals surface area contributed by atoms with E-state index in [0.29, 0.717) is 26.2 Å². The first-order valence-electron chi connectivity index (χ1n) is 9.27. The summed E-state index contributed by atoms with van der Waals surface area (Å²) in [5, 5.41) is 6.14. The van der Waals surface area contributed by atoms with Crippen LogP contribution >= 0.6 is 0 Å². The van der Waals surface area contributed by atoms with Gasteiger partial charge in [-0.25, -0.2) is 0 Å². The third-order valence-electron chi connectivity index (χ3n) is 3.99. The summed E-state index contributed by atoms with van der Waals surface area (Å²) >= 11 is 0. The fraction of sp³-hybridized carbons (Fsp3) is 0.600. The summed E-state index contributed by atoms with van der Waals surface area (Å²) in [5.74, 6) is 1.66. The second-order valence-electron chi connectivity index (χ2n) is 7.00. The number of nitrogens with one attached hydrogen (secondary N) is 2. The van der Waals surface area contributed by atoms with Crippen LogP contribution in [0, 0.1) is 12.3 Å². The summed E-state index contributed by atoms with van der Waals surface area (Å²) in [6.07, 6.45) is 0. The number of carbonyl (C=O) groups excluding carboxylic acids is 1. The van der Waals surface area contributed by atoms with Crippen LogP contribution in [0.15, 0.2) is 29.3 Å². The molecule has 0 radical (unpaired) electrons. The van der Waals surface area contributed by atoms with Gasteiger partial charge in [-0.2, -0.15) is 0 Å². The van der Waals surface area contributed by atoms with Crippen LogP contribution in [0.4, 0.5) is 0 Å². The monoisotopic (exact) mass is 362 g/mol. The highest BCUT2D eigenvalue weighted by atomic mass is 16.5. The molecule has 146 valence electrons. The van der Waals surface area contributed by atoms with E-state index in [4.69, 9.17) is 4.74 Å². The van der Waals surface area contributed by atoms with Gasteiger partial charge < -0.3 is 20.3 Å². The molecule has 0 bridgehead atoms. The lowest BCUT2D eigenvalue weighted by Crippen LogP contribution is -2.43. The quantitative estimate of drug-likeness (QED) is 0.523. The van der Waals surface area contributed by atoms with Crippen LogP contribution in [0.2, 0.25) is 0 Å². The van der Waals surface area contributed by atoms with Gasteiger partial charge in [0.1, 0.15) is 12.4 Å². The molecule has 2 N–H and O–H groups in total. The Morgan fingerprint density at radius 3 is 2.35 bits per heavy atom. The molecule has 26 heavy (non-hydrogen) atoms. The molecule has 0 saturated heterocycles. The molecule has 0 saturated carbocycles. The van der Waals surface area contributed by atoms with Gasteiger partial charge in [0, 0.05) is 20.1 Å². The van der Waals surface area contributed by atoms with Crippen LogP contribution in [0.1, 0.15) is 33.3 Å². The van der Waals surface area contributed by atoms with Crippen LogP contribution in [-0.4, -0.2) is 56.6 Å². The highest BCUT2D eigenvalue weighted by Gasteiger charge is 2.27. The third kappa shape index (κ3) is 7.33. The van der Waals surface area contributed by atoms with Crippen LogP contribution in [0.5, 0.6) is 5.75 Å². The molecule has 1 aromatic carbocycles. The minimum absolute atomic E-state index is 0.0185. The van der Waals surface area contributed by atoms with Gasteiger partial charge in [0.05, 0.1) is 18.5 Å². The summed E-state index contributed by atoms with van der Waals surface area (Å²) in [5.41, 5.74) is 0.668. The molecule has 0 aliphatic heterocycles. The molecule has 6 nitrogen and oxygen atoms in total. The Labute approximate surface area is 158 Å². The highest BCUT2D eigenvalue weighted by Crippen LogP contribution is 2.16. The standard InChI is InChI=1S/C20H34N4O2/c1-7-21-18(25)20(4,5)15-23-19(22-8-2)24(6)13-14-26-17-11-9-16(3)10-12-17/h9-12H,7-8,13-15H2,1-6H3,(H,21,25)(H,22,23). The number of hydrogen-bond acceptors (Lipinski definition) is 3. The number of likely N-dealkylation sites (N-methyl/N-ethyl adjacent to an activating group) is 1. The number of ether oxygens (including phenoxy) is 1. The summed E-state index contributed by atoms with van der Waals surface area (Å²) in [4.78, 5) is 18.8. The second kappa shape index (κ2) is 10.7. The molecule has 1 aromatic rings. The van der Waals surface area contributed by atoms with Gasteiger partial charge in [0.2, 0.25) is 5.91 Å². The number of aliphatic imine (C=N–C) groups is 1. The first kappa shape index (κ1) is 21.8. The van der Waals surface area contributed by atoms with Crippen LogP contribution in [0.25, 0.3) is 0 Å². The van der Waals surface area contributed by atoms with E-state index in [1.807, 2.05) is 63.9 Å². The van der Waals surface area contributed by atoms with Crippen LogP contribution < -0.4 is 15.4 Å². The lowest BCUT2D eigenvalue weighted by molar-refractivity contribution is -0.128. The van der Waals surface area contributed by atoms with Gasteiger partial charge in [-0.05, 0) is 46.8 Å². The Morgan fingerprint density at radius 2 is 1.77 bits per heavy atom. The van der Waals surface area contributed by atoms with E-state index in [1.165, 1.54) is 5.56 Å².